The van der Waals surface area contributed by atoms with Crippen LogP contribution >= 0.6 is 23.2 Å². The molecule has 2 aromatic rings. The number of aromatic nitrogens is 1. The Hall–Kier alpha value is -1.19. The molecule has 96 valence electrons. The van der Waals surface area contributed by atoms with E-state index >= 15 is 0 Å². The summed E-state index contributed by atoms with van der Waals surface area (Å²) in [6, 6.07) is 3.64. The summed E-state index contributed by atoms with van der Waals surface area (Å²) in [7, 11) is 3.14. The van der Waals surface area contributed by atoms with Crippen LogP contribution in [-0.2, 0) is 6.42 Å². The summed E-state index contributed by atoms with van der Waals surface area (Å²) in [5.41, 5.74) is 1.59. The average molecular weight is 286 g/mol. The SMILES string of the molecule is CCc1cc2c(Cl)c(OC)cc(OC)c2nc1Cl. The second kappa shape index (κ2) is 5.21. The van der Waals surface area contributed by atoms with E-state index in [1.165, 1.54) is 0 Å². The van der Waals surface area contributed by atoms with Gasteiger partial charge < -0.3 is 9.47 Å². The number of rotatable bonds is 3. The Morgan fingerprint density at radius 2 is 1.78 bits per heavy atom. The molecular formula is C13H13Cl2NO2. The van der Waals surface area contributed by atoms with Gasteiger partial charge in [0.05, 0.1) is 19.2 Å². The van der Waals surface area contributed by atoms with Gasteiger partial charge in [-0.1, -0.05) is 30.1 Å². The molecule has 0 radical (unpaired) electrons. The molecule has 0 N–H and O–H groups in total. The highest BCUT2D eigenvalue weighted by atomic mass is 35.5. The van der Waals surface area contributed by atoms with Crippen LogP contribution in [0.4, 0.5) is 0 Å². The van der Waals surface area contributed by atoms with Crippen LogP contribution in [-0.4, -0.2) is 19.2 Å². The summed E-state index contributed by atoms with van der Waals surface area (Å²) in [6.45, 7) is 2.01. The molecule has 0 unspecified atom stereocenters. The zero-order valence-electron chi connectivity index (χ0n) is 10.4. The van der Waals surface area contributed by atoms with Crippen LogP contribution in [0.2, 0.25) is 10.2 Å². The predicted molar refractivity (Wildman–Crippen MR) is 74.2 cm³/mol. The van der Waals surface area contributed by atoms with Crippen LogP contribution in [0.3, 0.4) is 0 Å². The molecule has 0 bridgehead atoms. The first kappa shape index (κ1) is 13.2. The van der Waals surface area contributed by atoms with E-state index < -0.39 is 0 Å². The van der Waals surface area contributed by atoms with Crippen molar-refractivity contribution < 1.29 is 9.47 Å². The largest absolute Gasteiger partial charge is 0.495 e. The highest BCUT2D eigenvalue weighted by molar-refractivity contribution is 6.37. The molecule has 0 spiro atoms. The smallest absolute Gasteiger partial charge is 0.148 e. The summed E-state index contributed by atoms with van der Waals surface area (Å²) >= 11 is 12.4. The maximum Gasteiger partial charge on any atom is 0.148 e. The summed E-state index contributed by atoms with van der Waals surface area (Å²) < 4.78 is 10.5. The molecule has 1 aromatic heterocycles. The Balaban J connectivity index is 2.86. The Morgan fingerprint density at radius 1 is 1.11 bits per heavy atom. The number of hydrogen-bond donors (Lipinski definition) is 0. The highest BCUT2D eigenvalue weighted by Crippen LogP contribution is 2.39. The minimum Gasteiger partial charge on any atom is -0.495 e. The molecule has 0 aliphatic heterocycles. The second-order valence-corrected chi connectivity index (χ2v) is 4.52. The molecule has 2 rings (SSSR count). The Labute approximate surface area is 116 Å². The van der Waals surface area contributed by atoms with Crippen LogP contribution < -0.4 is 9.47 Å². The summed E-state index contributed by atoms with van der Waals surface area (Å²) in [5.74, 6) is 1.16. The Kier molecular flexibility index (Phi) is 3.83. The molecular weight excluding hydrogens is 273 g/mol. The number of pyridine rings is 1. The van der Waals surface area contributed by atoms with Gasteiger partial charge in [-0.25, -0.2) is 4.98 Å². The number of halogens is 2. The van der Waals surface area contributed by atoms with E-state index in [-0.39, 0.29) is 0 Å². The summed E-state index contributed by atoms with van der Waals surface area (Å²) in [4.78, 5) is 4.35. The standard InChI is InChI=1S/C13H13Cl2NO2/c1-4-7-5-8-11(14)9(17-2)6-10(18-3)12(8)16-13(7)15/h5-6H,4H2,1-3H3. The minimum absolute atomic E-state index is 0.476. The van der Waals surface area contributed by atoms with E-state index in [9.17, 15) is 0 Å². The van der Waals surface area contributed by atoms with E-state index in [0.29, 0.717) is 27.2 Å². The summed E-state index contributed by atoms with van der Waals surface area (Å²) in [6.07, 6.45) is 0.789. The monoisotopic (exact) mass is 285 g/mol. The van der Waals surface area contributed by atoms with Gasteiger partial charge in [0.1, 0.15) is 22.2 Å². The molecule has 0 aliphatic rings. The van der Waals surface area contributed by atoms with Crippen molar-refractivity contribution in [3.8, 4) is 11.5 Å². The Morgan fingerprint density at radius 3 is 2.33 bits per heavy atom. The number of nitrogens with zero attached hydrogens (tertiary/aromatic N) is 1. The lowest BCUT2D eigenvalue weighted by atomic mass is 10.1. The van der Waals surface area contributed by atoms with Gasteiger partial charge >= 0.3 is 0 Å². The molecule has 0 atom stereocenters. The quantitative estimate of drug-likeness (QED) is 0.795. The minimum atomic E-state index is 0.476. The molecule has 0 aliphatic carbocycles. The predicted octanol–water partition coefficient (Wildman–Crippen LogP) is 4.12. The van der Waals surface area contributed by atoms with Crippen molar-refractivity contribution >= 4 is 34.1 Å². The molecule has 1 aromatic carbocycles. The third-order valence-electron chi connectivity index (χ3n) is 2.82. The first-order valence-electron chi connectivity index (χ1n) is 5.52. The molecule has 0 saturated heterocycles. The first-order valence-corrected chi connectivity index (χ1v) is 6.27. The van der Waals surface area contributed by atoms with Crippen molar-refractivity contribution in [2.45, 2.75) is 13.3 Å². The lowest BCUT2D eigenvalue weighted by molar-refractivity contribution is 0.397. The van der Waals surface area contributed by atoms with Crippen molar-refractivity contribution in [3.05, 3.63) is 27.9 Å². The topological polar surface area (TPSA) is 31.4 Å². The van der Waals surface area contributed by atoms with E-state index in [1.807, 2.05) is 13.0 Å². The van der Waals surface area contributed by atoms with Gasteiger partial charge in [0.15, 0.2) is 0 Å². The van der Waals surface area contributed by atoms with Crippen LogP contribution in [0.25, 0.3) is 10.9 Å². The molecule has 5 heteroatoms. The van der Waals surface area contributed by atoms with Gasteiger partial charge in [-0.05, 0) is 18.1 Å². The normalized spacial score (nSPS) is 10.7. The van der Waals surface area contributed by atoms with Crippen molar-refractivity contribution in [3.63, 3.8) is 0 Å². The summed E-state index contributed by atoms with van der Waals surface area (Å²) in [5, 5.41) is 1.78. The fraction of sp³-hybridized carbons (Fsp3) is 0.308. The number of hydrogen-bond acceptors (Lipinski definition) is 3. The van der Waals surface area contributed by atoms with Gasteiger partial charge in [0.2, 0.25) is 0 Å². The number of fused-ring (bicyclic) bond motifs is 1. The van der Waals surface area contributed by atoms with Crippen molar-refractivity contribution in [2.24, 2.45) is 0 Å². The lowest BCUT2D eigenvalue weighted by Crippen LogP contribution is -1.95. The molecule has 0 fully saturated rings. The van der Waals surface area contributed by atoms with E-state index in [0.717, 1.165) is 17.4 Å². The fourth-order valence-corrected chi connectivity index (χ4v) is 2.37. The van der Waals surface area contributed by atoms with Crippen LogP contribution in [0.5, 0.6) is 11.5 Å². The zero-order valence-corrected chi connectivity index (χ0v) is 11.9. The first-order chi connectivity index (χ1) is 8.62. The second-order valence-electron chi connectivity index (χ2n) is 3.78. The van der Waals surface area contributed by atoms with Gasteiger partial charge in [-0.2, -0.15) is 0 Å². The van der Waals surface area contributed by atoms with E-state index in [2.05, 4.69) is 4.98 Å². The van der Waals surface area contributed by atoms with Gasteiger partial charge in [0.25, 0.3) is 0 Å². The number of aryl methyl sites for hydroxylation is 1. The maximum absolute atomic E-state index is 6.29. The Bertz CT molecular complexity index is 599. The average Bonchev–Trinajstić information content (AvgIpc) is 2.39. The fourth-order valence-electron chi connectivity index (χ4n) is 1.82. The number of benzene rings is 1. The van der Waals surface area contributed by atoms with Crippen LogP contribution in [0.1, 0.15) is 12.5 Å². The van der Waals surface area contributed by atoms with Gasteiger partial charge in [-0.15, -0.1) is 0 Å². The zero-order chi connectivity index (χ0) is 13.3. The number of ether oxygens (including phenoxy) is 2. The third kappa shape index (κ3) is 2.08. The molecule has 0 saturated carbocycles. The van der Waals surface area contributed by atoms with Crippen molar-refractivity contribution in [2.75, 3.05) is 14.2 Å². The molecule has 0 amide bonds. The molecule has 1 heterocycles. The van der Waals surface area contributed by atoms with E-state index in [4.69, 9.17) is 32.7 Å². The molecule has 3 nitrogen and oxygen atoms in total. The lowest BCUT2D eigenvalue weighted by Gasteiger charge is -2.12. The highest BCUT2D eigenvalue weighted by Gasteiger charge is 2.15. The number of methoxy groups -OCH3 is 2. The van der Waals surface area contributed by atoms with Crippen LogP contribution in [0.15, 0.2) is 12.1 Å². The van der Waals surface area contributed by atoms with Crippen LogP contribution in [0, 0.1) is 0 Å². The maximum atomic E-state index is 6.29. The van der Waals surface area contributed by atoms with Crippen molar-refractivity contribution in [1.29, 1.82) is 0 Å². The van der Waals surface area contributed by atoms with Gasteiger partial charge in [-0.3, -0.25) is 0 Å². The van der Waals surface area contributed by atoms with E-state index in [1.54, 1.807) is 20.3 Å². The molecule has 18 heavy (non-hydrogen) atoms. The van der Waals surface area contributed by atoms with Gasteiger partial charge in [0, 0.05) is 11.5 Å². The van der Waals surface area contributed by atoms with Crippen molar-refractivity contribution in [1.82, 2.24) is 4.98 Å². The third-order valence-corrected chi connectivity index (χ3v) is 3.53.